The minimum atomic E-state index is -3.80. The fourth-order valence-corrected chi connectivity index (χ4v) is 5.40. The van der Waals surface area contributed by atoms with Crippen molar-refractivity contribution >= 4 is 72.2 Å². The van der Waals surface area contributed by atoms with Gasteiger partial charge in [-0.2, -0.15) is 9.61 Å². The number of aromatic nitrogens is 3. The molecule has 32 heavy (non-hydrogen) atoms. The van der Waals surface area contributed by atoms with Crippen molar-refractivity contribution in [2.45, 2.75) is 4.90 Å². The Kier molecular flexibility index (Phi) is 6.94. The molecule has 2 aromatic heterocycles. The third kappa shape index (κ3) is 4.88. The largest absolute Gasteiger partial charge is 0.369 e. The summed E-state index contributed by atoms with van der Waals surface area (Å²) in [5.41, 5.74) is 2.02. The van der Waals surface area contributed by atoms with Crippen molar-refractivity contribution < 1.29 is 8.42 Å². The highest BCUT2D eigenvalue weighted by molar-refractivity contribution is 9.10. The number of nitrogens with zero attached hydrogens (tertiary/aromatic N) is 3. The Morgan fingerprint density at radius 2 is 1.78 bits per heavy atom. The van der Waals surface area contributed by atoms with Crippen molar-refractivity contribution in [1.82, 2.24) is 19.3 Å². The van der Waals surface area contributed by atoms with E-state index in [1.165, 1.54) is 18.2 Å². The van der Waals surface area contributed by atoms with Gasteiger partial charge in [-0.3, -0.25) is 0 Å². The quantitative estimate of drug-likeness (QED) is 0.284. The molecule has 4 rings (SSSR count). The molecule has 4 aromatic rings. The highest BCUT2D eigenvalue weighted by Crippen LogP contribution is 2.30. The minimum absolute atomic E-state index is 0.0353. The number of hydrogen-bond donors (Lipinski definition) is 2. The van der Waals surface area contributed by atoms with E-state index in [0.29, 0.717) is 31.7 Å². The Bertz CT molecular complexity index is 1410. The molecule has 0 fully saturated rings. The molecule has 166 valence electrons. The monoisotopic (exact) mass is 573 g/mol. The lowest BCUT2D eigenvalue weighted by Crippen LogP contribution is -2.29. The van der Waals surface area contributed by atoms with E-state index in [4.69, 9.17) is 34.8 Å². The standard InChI is InChI=1S/C20H15BrCl3N5O2S/c21-14-11-26-29-19(10-17(28-20(14)29)13-3-1-2-4-15(13)23)25-7-8-27-32(30,31)18-6-5-12(22)9-16(18)24/h1-6,9-11,25,27H,7-8H2. The van der Waals surface area contributed by atoms with Crippen LogP contribution in [-0.2, 0) is 10.0 Å². The molecular formula is C20H15BrCl3N5O2S. The lowest BCUT2D eigenvalue weighted by Gasteiger charge is -2.13. The summed E-state index contributed by atoms with van der Waals surface area (Å²) in [6, 6.07) is 13.4. The van der Waals surface area contributed by atoms with E-state index in [-0.39, 0.29) is 23.0 Å². The van der Waals surface area contributed by atoms with E-state index >= 15 is 0 Å². The third-order valence-electron chi connectivity index (χ3n) is 4.49. The van der Waals surface area contributed by atoms with E-state index in [1.807, 2.05) is 18.2 Å². The van der Waals surface area contributed by atoms with Crippen molar-refractivity contribution in [3.05, 3.63) is 74.3 Å². The van der Waals surface area contributed by atoms with E-state index in [1.54, 1.807) is 22.8 Å². The van der Waals surface area contributed by atoms with Crippen LogP contribution in [0.3, 0.4) is 0 Å². The average molecular weight is 576 g/mol. The van der Waals surface area contributed by atoms with Gasteiger partial charge in [0.25, 0.3) is 0 Å². The molecule has 2 heterocycles. The molecule has 2 aromatic carbocycles. The van der Waals surface area contributed by atoms with Crippen molar-refractivity contribution in [3.63, 3.8) is 0 Å². The minimum Gasteiger partial charge on any atom is -0.369 e. The zero-order valence-electron chi connectivity index (χ0n) is 16.2. The Balaban J connectivity index is 1.54. The van der Waals surface area contributed by atoms with Gasteiger partial charge in [0.05, 0.1) is 21.4 Å². The molecule has 0 radical (unpaired) electrons. The molecule has 0 aliphatic carbocycles. The summed E-state index contributed by atoms with van der Waals surface area (Å²) in [7, 11) is -3.80. The number of fused-ring (bicyclic) bond motifs is 1. The van der Waals surface area contributed by atoms with Crippen LogP contribution in [0.15, 0.2) is 64.1 Å². The van der Waals surface area contributed by atoms with Crippen LogP contribution in [0.1, 0.15) is 0 Å². The van der Waals surface area contributed by atoms with E-state index in [0.717, 1.165) is 5.56 Å². The highest BCUT2D eigenvalue weighted by atomic mass is 79.9. The first kappa shape index (κ1) is 23.3. The van der Waals surface area contributed by atoms with Gasteiger partial charge in [-0.15, -0.1) is 0 Å². The molecule has 0 unspecified atom stereocenters. The van der Waals surface area contributed by atoms with Gasteiger partial charge in [-0.05, 0) is 40.2 Å². The topological polar surface area (TPSA) is 88.4 Å². The van der Waals surface area contributed by atoms with Gasteiger partial charge < -0.3 is 5.32 Å². The van der Waals surface area contributed by atoms with Crippen LogP contribution in [0.2, 0.25) is 15.1 Å². The summed E-state index contributed by atoms with van der Waals surface area (Å²) in [4.78, 5) is 4.61. The summed E-state index contributed by atoms with van der Waals surface area (Å²) >= 11 is 21.7. The van der Waals surface area contributed by atoms with Crippen LogP contribution in [-0.4, -0.2) is 36.1 Å². The number of benzene rings is 2. The fourth-order valence-electron chi connectivity index (χ4n) is 3.02. The molecule has 12 heteroatoms. The second-order valence-electron chi connectivity index (χ2n) is 6.63. The number of rotatable bonds is 7. The average Bonchev–Trinajstić information content (AvgIpc) is 3.12. The Hall–Kier alpha value is -1.88. The Labute approximate surface area is 207 Å². The predicted octanol–water partition coefficient (Wildman–Crippen LogP) is 5.51. The summed E-state index contributed by atoms with van der Waals surface area (Å²) in [5, 5.41) is 8.49. The lowest BCUT2D eigenvalue weighted by atomic mass is 10.1. The third-order valence-corrected chi connectivity index (χ3v) is 7.55. The molecule has 0 aliphatic rings. The van der Waals surface area contributed by atoms with Gasteiger partial charge >= 0.3 is 0 Å². The molecule has 0 amide bonds. The molecule has 0 aliphatic heterocycles. The van der Waals surface area contributed by atoms with E-state index < -0.39 is 10.0 Å². The van der Waals surface area contributed by atoms with Crippen LogP contribution >= 0.6 is 50.7 Å². The maximum atomic E-state index is 12.6. The Morgan fingerprint density at radius 1 is 1.00 bits per heavy atom. The van der Waals surface area contributed by atoms with Crippen molar-refractivity contribution in [3.8, 4) is 11.3 Å². The Morgan fingerprint density at radius 3 is 2.53 bits per heavy atom. The molecule has 0 atom stereocenters. The number of halogens is 4. The lowest BCUT2D eigenvalue weighted by molar-refractivity contribution is 0.583. The summed E-state index contributed by atoms with van der Waals surface area (Å²) in [6.07, 6.45) is 1.63. The molecule has 0 bridgehead atoms. The summed E-state index contributed by atoms with van der Waals surface area (Å²) in [5.74, 6) is 0.624. The maximum Gasteiger partial charge on any atom is 0.242 e. The van der Waals surface area contributed by atoms with Gasteiger partial charge in [-0.1, -0.05) is 53.0 Å². The molecule has 7 nitrogen and oxygen atoms in total. The molecule has 0 saturated heterocycles. The van der Waals surface area contributed by atoms with E-state index in [2.05, 4.69) is 36.1 Å². The van der Waals surface area contributed by atoms with Crippen LogP contribution in [0, 0.1) is 0 Å². The zero-order valence-corrected chi connectivity index (χ0v) is 20.9. The molecule has 0 spiro atoms. The zero-order chi connectivity index (χ0) is 22.9. The molecule has 2 N–H and O–H groups in total. The number of anilines is 1. The summed E-state index contributed by atoms with van der Waals surface area (Å²) < 4.78 is 30.0. The van der Waals surface area contributed by atoms with Gasteiger partial charge in [0.2, 0.25) is 10.0 Å². The first-order valence-electron chi connectivity index (χ1n) is 9.24. The van der Waals surface area contributed by atoms with Crippen LogP contribution in [0.5, 0.6) is 0 Å². The number of sulfonamides is 1. The van der Waals surface area contributed by atoms with Crippen LogP contribution in [0.4, 0.5) is 5.82 Å². The highest BCUT2D eigenvalue weighted by Gasteiger charge is 2.18. The predicted molar refractivity (Wildman–Crippen MR) is 131 cm³/mol. The SMILES string of the molecule is O=S(=O)(NCCNc1cc(-c2ccccc2Cl)nc2c(Br)cnn12)c1ccc(Cl)cc1Cl. The van der Waals surface area contributed by atoms with E-state index in [9.17, 15) is 8.42 Å². The van der Waals surface area contributed by atoms with Crippen molar-refractivity contribution in [2.75, 3.05) is 18.4 Å². The smallest absolute Gasteiger partial charge is 0.242 e. The van der Waals surface area contributed by atoms with Crippen molar-refractivity contribution in [1.29, 1.82) is 0 Å². The van der Waals surface area contributed by atoms with Crippen LogP contribution in [0.25, 0.3) is 16.9 Å². The number of nitrogens with one attached hydrogen (secondary N) is 2. The van der Waals surface area contributed by atoms with Gasteiger partial charge in [0.1, 0.15) is 10.7 Å². The van der Waals surface area contributed by atoms with Crippen LogP contribution < -0.4 is 10.0 Å². The van der Waals surface area contributed by atoms with Crippen molar-refractivity contribution in [2.24, 2.45) is 0 Å². The molecule has 0 saturated carbocycles. The second-order valence-corrected chi connectivity index (χ2v) is 10.5. The first-order chi connectivity index (χ1) is 15.3. The van der Waals surface area contributed by atoms with Gasteiger partial charge in [-0.25, -0.2) is 18.1 Å². The molecular weight excluding hydrogens is 561 g/mol. The second kappa shape index (κ2) is 9.54. The fraction of sp³-hybridized carbons (Fsp3) is 0.100. The first-order valence-corrected chi connectivity index (χ1v) is 12.6. The normalized spacial score (nSPS) is 11.8. The van der Waals surface area contributed by atoms with Gasteiger partial charge in [0, 0.05) is 34.8 Å². The number of hydrogen-bond acceptors (Lipinski definition) is 5. The maximum absolute atomic E-state index is 12.6. The van der Waals surface area contributed by atoms with Gasteiger partial charge in [0.15, 0.2) is 5.65 Å². The summed E-state index contributed by atoms with van der Waals surface area (Å²) in [6.45, 7) is 0.387.